The van der Waals surface area contributed by atoms with E-state index >= 15 is 0 Å². The molecule has 0 radical (unpaired) electrons. The fraction of sp³-hybridized carbons (Fsp3) is 0.786. The molecule has 0 saturated carbocycles. The number of piperidine rings is 1. The Morgan fingerprint density at radius 2 is 2.13 bits per heavy atom. The summed E-state index contributed by atoms with van der Waals surface area (Å²) in [7, 11) is 0. The molecule has 3 heterocycles. The molecule has 1 aromatic rings. The van der Waals surface area contributed by atoms with Gasteiger partial charge >= 0.3 is 6.09 Å². The summed E-state index contributed by atoms with van der Waals surface area (Å²) in [5, 5.41) is 10.7. The highest BCUT2D eigenvalue weighted by Crippen LogP contribution is 2.28. The largest absolute Gasteiger partial charge is 0.449 e. The summed E-state index contributed by atoms with van der Waals surface area (Å²) in [5.41, 5.74) is -0.0268. The van der Waals surface area contributed by atoms with Gasteiger partial charge in [0.15, 0.2) is 0 Å². The number of hydrogen-bond acceptors (Lipinski definition) is 6. The van der Waals surface area contributed by atoms with Gasteiger partial charge < -0.3 is 14.5 Å². The van der Waals surface area contributed by atoms with E-state index in [0.717, 1.165) is 12.8 Å². The van der Waals surface area contributed by atoms with E-state index in [4.69, 9.17) is 4.74 Å². The molecule has 9 heteroatoms. The van der Waals surface area contributed by atoms with E-state index in [9.17, 15) is 9.59 Å². The number of rotatable bonds is 3. The first-order valence-electron chi connectivity index (χ1n) is 7.86. The molecule has 3 rings (SSSR count). The monoisotopic (exact) mass is 322 g/mol. The van der Waals surface area contributed by atoms with Crippen LogP contribution >= 0.6 is 0 Å². The lowest BCUT2D eigenvalue weighted by Crippen LogP contribution is -2.55. The quantitative estimate of drug-likeness (QED) is 0.786. The Kier molecular flexibility index (Phi) is 4.18. The number of ether oxygens (including phenoxy) is 1. The molecule has 0 bridgehead atoms. The summed E-state index contributed by atoms with van der Waals surface area (Å²) in [5.74, 6) is -0.00250. The van der Waals surface area contributed by atoms with Crippen LogP contribution in [0, 0.1) is 5.41 Å². The van der Waals surface area contributed by atoms with Crippen LogP contribution in [-0.2, 0) is 16.1 Å². The summed E-state index contributed by atoms with van der Waals surface area (Å²) < 4.78 is 6.70. The number of hydrogen-bond donors (Lipinski definition) is 0. The summed E-state index contributed by atoms with van der Waals surface area (Å²) >= 11 is 0. The van der Waals surface area contributed by atoms with Crippen LogP contribution in [0.25, 0.3) is 0 Å². The van der Waals surface area contributed by atoms with Gasteiger partial charge in [-0.2, -0.15) is 0 Å². The Morgan fingerprint density at radius 3 is 2.78 bits per heavy atom. The van der Waals surface area contributed by atoms with E-state index < -0.39 is 0 Å². The first kappa shape index (κ1) is 15.7. The van der Waals surface area contributed by atoms with Crippen molar-refractivity contribution in [3.63, 3.8) is 0 Å². The molecule has 126 valence electrons. The van der Waals surface area contributed by atoms with Gasteiger partial charge in [-0.05, 0) is 23.3 Å². The van der Waals surface area contributed by atoms with Gasteiger partial charge in [0.1, 0.15) is 12.9 Å². The number of aromatic nitrogens is 4. The molecule has 9 nitrogen and oxygen atoms in total. The number of tetrazole rings is 1. The number of carbonyl (C=O) groups is 2. The molecule has 0 N–H and O–H groups in total. The van der Waals surface area contributed by atoms with E-state index in [0.29, 0.717) is 26.2 Å². The predicted molar refractivity (Wildman–Crippen MR) is 79.3 cm³/mol. The molecule has 2 saturated heterocycles. The Balaban J connectivity index is 1.53. The molecule has 0 aromatic carbocycles. The minimum atomic E-state index is -0.234. The van der Waals surface area contributed by atoms with Gasteiger partial charge in [-0.25, -0.2) is 9.48 Å². The molecule has 2 aliphatic rings. The highest BCUT2D eigenvalue weighted by Gasteiger charge is 2.38. The van der Waals surface area contributed by atoms with Gasteiger partial charge in [-0.15, -0.1) is 5.10 Å². The van der Waals surface area contributed by atoms with Crippen molar-refractivity contribution in [1.29, 1.82) is 0 Å². The van der Waals surface area contributed by atoms with E-state index in [2.05, 4.69) is 29.4 Å². The molecule has 0 spiro atoms. The zero-order valence-electron chi connectivity index (χ0n) is 13.5. The maximum atomic E-state index is 12.2. The van der Waals surface area contributed by atoms with Gasteiger partial charge in [-0.1, -0.05) is 13.8 Å². The Morgan fingerprint density at radius 1 is 1.39 bits per heavy atom. The predicted octanol–water partition coefficient (Wildman–Crippen LogP) is 0.143. The average molecular weight is 322 g/mol. The smallest absolute Gasteiger partial charge is 0.410 e. The van der Waals surface area contributed by atoms with Crippen molar-refractivity contribution in [2.45, 2.75) is 39.3 Å². The van der Waals surface area contributed by atoms with E-state index in [1.54, 1.807) is 4.90 Å². The Labute approximate surface area is 134 Å². The highest BCUT2D eigenvalue weighted by molar-refractivity contribution is 5.76. The fourth-order valence-corrected chi connectivity index (χ4v) is 3.11. The maximum absolute atomic E-state index is 12.2. The van der Waals surface area contributed by atoms with Crippen molar-refractivity contribution >= 4 is 12.0 Å². The number of amides is 2. The second-order valence-corrected chi connectivity index (χ2v) is 6.97. The molecule has 2 fully saturated rings. The maximum Gasteiger partial charge on any atom is 0.410 e. The van der Waals surface area contributed by atoms with Crippen molar-refractivity contribution in [1.82, 2.24) is 30.0 Å². The molecule has 0 unspecified atom stereocenters. The summed E-state index contributed by atoms with van der Waals surface area (Å²) in [6.45, 7) is 6.78. The molecule has 23 heavy (non-hydrogen) atoms. The van der Waals surface area contributed by atoms with E-state index in [-0.39, 0.29) is 30.0 Å². The van der Waals surface area contributed by atoms with Gasteiger partial charge in [-0.3, -0.25) is 4.79 Å². The molecular formula is C14H22N6O3. The van der Waals surface area contributed by atoms with Crippen LogP contribution in [0.4, 0.5) is 4.79 Å². The van der Waals surface area contributed by atoms with Crippen molar-refractivity contribution in [2.75, 3.05) is 26.2 Å². The Hall–Kier alpha value is -2.19. The minimum absolute atomic E-state index is 0.00250. The topological polar surface area (TPSA) is 93.5 Å². The number of cyclic esters (lactones) is 1. The normalized spacial score (nSPS) is 22.1. The molecular weight excluding hydrogens is 300 g/mol. The van der Waals surface area contributed by atoms with Crippen LogP contribution in [0.5, 0.6) is 0 Å². The van der Waals surface area contributed by atoms with Crippen LogP contribution in [0.3, 0.4) is 0 Å². The van der Waals surface area contributed by atoms with Crippen LogP contribution < -0.4 is 0 Å². The minimum Gasteiger partial charge on any atom is -0.449 e. The SMILES string of the molecule is CC1(C)COC(=O)N(C2CCN(C(=O)Cn3cnnn3)CC2)C1. The van der Waals surface area contributed by atoms with Gasteiger partial charge in [0.25, 0.3) is 0 Å². The van der Waals surface area contributed by atoms with Crippen molar-refractivity contribution in [3.05, 3.63) is 6.33 Å². The lowest BCUT2D eigenvalue weighted by molar-refractivity contribution is -0.133. The number of carbonyl (C=O) groups excluding carboxylic acids is 2. The van der Waals surface area contributed by atoms with Crippen LogP contribution in [-0.4, -0.2) is 74.3 Å². The van der Waals surface area contributed by atoms with Gasteiger partial charge in [0, 0.05) is 31.1 Å². The van der Waals surface area contributed by atoms with Crippen molar-refractivity contribution in [3.8, 4) is 0 Å². The second kappa shape index (κ2) is 6.13. The van der Waals surface area contributed by atoms with Gasteiger partial charge in [0.05, 0.1) is 6.61 Å². The second-order valence-electron chi connectivity index (χ2n) is 6.97. The molecule has 2 amide bonds. The first-order valence-corrected chi connectivity index (χ1v) is 7.86. The van der Waals surface area contributed by atoms with Crippen LogP contribution in [0.15, 0.2) is 6.33 Å². The van der Waals surface area contributed by atoms with Crippen molar-refractivity contribution < 1.29 is 14.3 Å². The zero-order valence-corrected chi connectivity index (χ0v) is 13.5. The summed E-state index contributed by atoms with van der Waals surface area (Å²) in [6, 6.07) is 0.138. The lowest BCUT2D eigenvalue weighted by Gasteiger charge is -2.44. The summed E-state index contributed by atoms with van der Waals surface area (Å²) in [6.07, 6.45) is 2.73. The first-order chi connectivity index (χ1) is 10.9. The lowest BCUT2D eigenvalue weighted by atomic mass is 9.91. The standard InChI is InChI=1S/C14H22N6O3/c1-14(2)8-20(13(22)23-9-14)11-3-5-18(6-4-11)12(21)7-19-10-15-16-17-19/h10-11H,3-9H2,1-2H3. The number of likely N-dealkylation sites (tertiary alicyclic amines) is 1. The molecule has 0 atom stereocenters. The Bertz CT molecular complexity index is 565. The summed E-state index contributed by atoms with van der Waals surface area (Å²) in [4.78, 5) is 27.9. The third kappa shape index (κ3) is 3.59. The van der Waals surface area contributed by atoms with E-state index in [1.807, 2.05) is 4.90 Å². The zero-order chi connectivity index (χ0) is 16.4. The fourth-order valence-electron chi connectivity index (χ4n) is 3.11. The van der Waals surface area contributed by atoms with Crippen molar-refractivity contribution in [2.24, 2.45) is 5.41 Å². The average Bonchev–Trinajstić information content (AvgIpc) is 3.03. The third-order valence-electron chi connectivity index (χ3n) is 4.37. The highest BCUT2D eigenvalue weighted by atomic mass is 16.6. The molecule has 2 aliphatic heterocycles. The molecule has 0 aliphatic carbocycles. The van der Waals surface area contributed by atoms with E-state index in [1.165, 1.54) is 11.0 Å². The third-order valence-corrected chi connectivity index (χ3v) is 4.37. The van der Waals surface area contributed by atoms with Gasteiger partial charge in [0.2, 0.25) is 5.91 Å². The van der Waals surface area contributed by atoms with Crippen LogP contribution in [0.2, 0.25) is 0 Å². The van der Waals surface area contributed by atoms with Crippen LogP contribution in [0.1, 0.15) is 26.7 Å². The molecule has 1 aromatic heterocycles. The number of nitrogens with zero attached hydrogens (tertiary/aromatic N) is 6.